The summed E-state index contributed by atoms with van der Waals surface area (Å²) in [6.07, 6.45) is -3.00. The molecule has 1 aliphatic heterocycles. The van der Waals surface area contributed by atoms with Crippen LogP contribution in [0.15, 0.2) is 12.1 Å². The van der Waals surface area contributed by atoms with Gasteiger partial charge < -0.3 is 5.11 Å². The number of allylic oxidation sites excluding steroid dienone is 1. The van der Waals surface area contributed by atoms with Gasteiger partial charge in [0.15, 0.2) is 9.90 Å². The van der Waals surface area contributed by atoms with E-state index in [1.165, 1.54) is 13.1 Å². The van der Waals surface area contributed by atoms with Gasteiger partial charge in [0.1, 0.15) is 0 Å². The number of rotatable bonds is 2. The minimum atomic E-state index is -4.54. The first-order valence-electron chi connectivity index (χ1n) is 5.06. The Balaban J connectivity index is 2.31. The molecule has 1 aromatic heterocycles. The summed E-state index contributed by atoms with van der Waals surface area (Å²) in [5, 5.41) is 12.3. The monoisotopic (exact) mass is 312 g/mol. The van der Waals surface area contributed by atoms with Crippen LogP contribution in [0.3, 0.4) is 0 Å². The van der Waals surface area contributed by atoms with E-state index in [-0.39, 0.29) is 12.1 Å². The van der Waals surface area contributed by atoms with E-state index in [0.717, 1.165) is 22.5 Å². The Kier molecular flexibility index (Phi) is 3.34. The van der Waals surface area contributed by atoms with Crippen LogP contribution in [0.5, 0.6) is 0 Å². The van der Waals surface area contributed by atoms with Gasteiger partial charge in [-0.3, -0.25) is 4.68 Å². The zero-order valence-electron chi connectivity index (χ0n) is 9.53. The van der Waals surface area contributed by atoms with Gasteiger partial charge in [0.25, 0.3) is 0 Å². The number of alkyl halides is 4. The first kappa shape index (κ1) is 14.3. The molecule has 0 amide bonds. The summed E-state index contributed by atoms with van der Waals surface area (Å²) in [6, 6.07) is 0.878. The number of carboxylic acid groups (broad SMARTS) is 1. The quantitative estimate of drug-likeness (QED) is 0.853. The second kappa shape index (κ2) is 4.45. The lowest BCUT2D eigenvalue weighted by Gasteiger charge is -2.14. The minimum Gasteiger partial charge on any atom is -0.479 e. The van der Waals surface area contributed by atoms with Crippen molar-refractivity contribution in [1.82, 2.24) is 9.78 Å². The van der Waals surface area contributed by atoms with Gasteiger partial charge in [-0.1, -0.05) is 29.4 Å². The molecule has 4 nitrogen and oxygen atoms in total. The molecule has 0 radical (unpaired) electrons. The smallest absolute Gasteiger partial charge is 0.435 e. The zero-order chi connectivity index (χ0) is 14.4. The summed E-state index contributed by atoms with van der Waals surface area (Å²) in [6.45, 7) is 0. The minimum absolute atomic E-state index is 0.0381. The molecule has 1 aromatic rings. The van der Waals surface area contributed by atoms with E-state index in [1.807, 2.05) is 0 Å². The lowest BCUT2D eigenvalue weighted by molar-refractivity contribution is -0.141. The van der Waals surface area contributed by atoms with Gasteiger partial charge in [0.05, 0.1) is 5.69 Å². The topological polar surface area (TPSA) is 55.1 Å². The van der Waals surface area contributed by atoms with Gasteiger partial charge in [-0.15, -0.1) is 0 Å². The Hall–Kier alpha value is -1.15. The molecule has 0 aliphatic carbocycles. The second-order valence-electron chi connectivity index (χ2n) is 3.94. The van der Waals surface area contributed by atoms with Crippen LogP contribution in [0.25, 0.3) is 4.91 Å². The van der Waals surface area contributed by atoms with Crippen LogP contribution >= 0.6 is 23.4 Å². The summed E-state index contributed by atoms with van der Waals surface area (Å²) < 4.78 is 37.1. The lowest BCUT2D eigenvalue weighted by atomic mass is 10.2. The van der Waals surface area contributed by atoms with E-state index in [4.69, 9.17) is 16.7 Å². The molecule has 0 aromatic carbocycles. The normalized spacial score (nSPS) is 23.5. The van der Waals surface area contributed by atoms with E-state index < -0.39 is 22.0 Å². The van der Waals surface area contributed by atoms with Crippen LogP contribution in [-0.4, -0.2) is 25.1 Å². The van der Waals surface area contributed by atoms with E-state index >= 15 is 0 Å². The summed E-state index contributed by atoms with van der Waals surface area (Å²) in [4.78, 5) is 11.3. The molecule has 2 heterocycles. The Labute approximate surface area is 115 Å². The number of aromatic nitrogens is 2. The van der Waals surface area contributed by atoms with Gasteiger partial charge in [-0.05, 0) is 6.07 Å². The van der Waals surface area contributed by atoms with Crippen LogP contribution in [0, 0.1) is 0 Å². The molecule has 1 unspecified atom stereocenters. The van der Waals surface area contributed by atoms with Crippen LogP contribution in [0.4, 0.5) is 13.2 Å². The fourth-order valence-electron chi connectivity index (χ4n) is 1.61. The molecule has 2 rings (SSSR count). The molecule has 1 aliphatic rings. The molecule has 19 heavy (non-hydrogen) atoms. The van der Waals surface area contributed by atoms with Crippen LogP contribution < -0.4 is 0 Å². The predicted octanol–water partition coefficient (Wildman–Crippen LogP) is 2.94. The number of aliphatic carboxylic acids is 1. The highest BCUT2D eigenvalue weighted by atomic mass is 35.5. The predicted molar refractivity (Wildman–Crippen MR) is 64.6 cm³/mol. The molecule has 104 valence electrons. The van der Waals surface area contributed by atoms with Crippen molar-refractivity contribution < 1.29 is 23.1 Å². The molecule has 0 fully saturated rings. The SMILES string of the molecule is Cn1nc(C(F)(F)F)cc1C1=CCC(Cl)(C(=O)O)S1. The number of aryl methyl sites for hydroxylation is 1. The van der Waals surface area contributed by atoms with E-state index in [1.54, 1.807) is 0 Å². The Bertz CT molecular complexity index is 570. The van der Waals surface area contributed by atoms with Crippen molar-refractivity contribution in [1.29, 1.82) is 0 Å². The first-order valence-corrected chi connectivity index (χ1v) is 6.26. The third-order valence-corrected chi connectivity index (χ3v) is 4.37. The number of halogens is 4. The highest BCUT2D eigenvalue weighted by Crippen LogP contribution is 2.50. The molecule has 0 spiro atoms. The number of nitrogens with zero attached hydrogens (tertiary/aromatic N) is 2. The lowest BCUT2D eigenvalue weighted by Crippen LogP contribution is -2.25. The summed E-state index contributed by atoms with van der Waals surface area (Å²) in [5.74, 6) is -1.22. The number of thioether (sulfide) groups is 1. The van der Waals surface area contributed by atoms with Crippen molar-refractivity contribution in [3.63, 3.8) is 0 Å². The van der Waals surface area contributed by atoms with Crippen molar-refractivity contribution in [2.45, 2.75) is 16.8 Å². The van der Waals surface area contributed by atoms with Crippen LogP contribution in [0.1, 0.15) is 17.8 Å². The van der Waals surface area contributed by atoms with E-state index in [2.05, 4.69) is 5.10 Å². The highest BCUT2D eigenvalue weighted by Gasteiger charge is 2.43. The maximum Gasteiger partial charge on any atom is 0.435 e. The Morgan fingerprint density at radius 1 is 1.63 bits per heavy atom. The fraction of sp³-hybridized carbons (Fsp3) is 0.400. The Morgan fingerprint density at radius 2 is 2.26 bits per heavy atom. The molecule has 0 bridgehead atoms. The van der Waals surface area contributed by atoms with Crippen molar-refractivity contribution in [2.24, 2.45) is 7.05 Å². The van der Waals surface area contributed by atoms with Gasteiger partial charge in [-0.25, -0.2) is 4.79 Å². The van der Waals surface area contributed by atoms with Crippen molar-refractivity contribution >= 4 is 34.2 Å². The number of hydrogen-bond acceptors (Lipinski definition) is 3. The molecule has 1 atom stereocenters. The third-order valence-electron chi connectivity index (χ3n) is 2.56. The largest absolute Gasteiger partial charge is 0.479 e. The molecular weight excluding hydrogens is 305 g/mol. The van der Waals surface area contributed by atoms with E-state index in [9.17, 15) is 18.0 Å². The van der Waals surface area contributed by atoms with Crippen LogP contribution in [0.2, 0.25) is 0 Å². The highest BCUT2D eigenvalue weighted by molar-refractivity contribution is 8.11. The number of carboxylic acids is 1. The molecule has 9 heteroatoms. The van der Waals surface area contributed by atoms with Crippen LogP contribution in [-0.2, 0) is 18.0 Å². The summed E-state index contributed by atoms with van der Waals surface area (Å²) in [7, 11) is 1.36. The maximum absolute atomic E-state index is 12.5. The van der Waals surface area contributed by atoms with Crippen molar-refractivity contribution in [2.75, 3.05) is 0 Å². The van der Waals surface area contributed by atoms with Crippen molar-refractivity contribution in [3.8, 4) is 0 Å². The number of hydrogen-bond donors (Lipinski definition) is 1. The Morgan fingerprint density at radius 3 is 2.68 bits per heavy atom. The molecule has 1 N–H and O–H groups in total. The average molecular weight is 313 g/mol. The van der Waals surface area contributed by atoms with Gasteiger partial charge >= 0.3 is 12.1 Å². The second-order valence-corrected chi connectivity index (χ2v) is 6.15. The summed E-state index contributed by atoms with van der Waals surface area (Å²) >= 11 is 6.67. The van der Waals surface area contributed by atoms with Gasteiger partial charge in [-0.2, -0.15) is 18.3 Å². The van der Waals surface area contributed by atoms with Gasteiger partial charge in [0, 0.05) is 18.4 Å². The van der Waals surface area contributed by atoms with E-state index in [0.29, 0.717) is 4.91 Å². The molecule has 0 saturated carbocycles. The standard InChI is InChI=1S/C10H8ClF3N2O2S/c1-16-5(4-7(15-16)10(12,13)14)6-2-3-9(11,19-6)8(17)18/h2,4H,3H2,1H3,(H,17,18). The molecule has 0 saturated heterocycles. The zero-order valence-corrected chi connectivity index (χ0v) is 11.1. The van der Waals surface area contributed by atoms with Gasteiger partial charge in [0.2, 0.25) is 0 Å². The number of carbonyl (C=O) groups is 1. The summed E-state index contributed by atoms with van der Waals surface area (Å²) in [5.41, 5.74) is -0.824. The molecular formula is C10H8ClF3N2O2S. The average Bonchev–Trinajstić information content (AvgIpc) is 2.82. The maximum atomic E-state index is 12.5. The first-order chi connectivity index (χ1) is 8.63. The van der Waals surface area contributed by atoms with Crippen molar-refractivity contribution in [3.05, 3.63) is 23.5 Å². The fourth-order valence-corrected chi connectivity index (χ4v) is 3.00. The third kappa shape index (κ3) is 2.59.